The van der Waals surface area contributed by atoms with E-state index in [4.69, 9.17) is 0 Å². The summed E-state index contributed by atoms with van der Waals surface area (Å²) in [6.45, 7) is 0. The number of hydrogen-bond acceptors (Lipinski definition) is 2. The van der Waals surface area contributed by atoms with Crippen LogP contribution in [0.2, 0.25) is 0 Å². The first-order valence-corrected chi connectivity index (χ1v) is 5.29. The Labute approximate surface area is 90.3 Å². The van der Waals surface area contributed by atoms with Gasteiger partial charge in [-0.2, -0.15) is 0 Å². The van der Waals surface area contributed by atoms with E-state index in [9.17, 15) is 9.90 Å². The number of rotatable bonds is 2. The number of nitrogens with zero attached hydrogens (tertiary/aromatic N) is 1. The molecule has 0 aliphatic heterocycles. The van der Waals surface area contributed by atoms with Gasteiger partial charge in [0.15, 0.2) is 0 Å². The molecule has 1 saturated carbocycles. The van der Waals surface area contributed by atoms with E-state index in [0.29, 0.717) is 0 Å². The summed E-state index contributed by atoms with van der Waals surface area (Å²) >= 11 is 3.30. The minimum absolute atomic E-state index is 0.670. The summed E-state index contributed by atoms with van der Waals surface area (Å²) in [4.78, 5) is 15.2. The van der Waals surface area contributed by atoms with Crippen molar-refractivity contribution in [2.45, 2.75) is 24.7 Å². The van der Waals surface area contributed by atoms with Crippen LogP contribution < -0.4 is 0 Å². The van der Waals surface area contributed by atoms with E-state index < -0.39 is 11.4 Å². The van der Waals surface area contributed by atoms with Crippen LogP contribution in [0.4, 0.5) is 0 Å². The molecule has 0 atom stereocenters. The molecule has 1 aromatic heterocycles. The number of aliphatic carboxylic acids is 1. The van der Waals surface area contributed by atoms with Crippen LogP contribution in [0.15, 0.2) is 22.9 Å². The maximum Gasteiger partial charge on any atom is 0.314 e. The smallest absolute Gasteiger partial charge is 0.314 e. The van der Waals surface area contributed by atoms with E-state index in [2.05, 4.69) is 20.9 Å². The monoisotopic (exact) mass is 255 g/mol. The molecule has 1 heterocycles. The van der Waals surface area contributed by atoms with Gasteiger partial charge in [0.25, 0.3) is 0 Å². The summed E-state index contributed by atoms with van der Waals surface area (Å²) in [5, 5.41) is 9.18. The third-order valence-corrected chi connectivity index (χ3v) is 3.31. The average molecular weight is 256 g/mol. The average Bonchev–Trinajstić information content (AvgIpc) is 2.00. The van der Waals surface area contributed by atoms with Crippen molar-refractivity contribution in [3.63, 3.8) is 0 Å². The Morgan fingerprint density at radius 1 is 1.50 bits per heavy atom. The number of halogens is 1. The summed E-state index contributed by atoms with van der Waals surface area (Å²) < 4.78 is 0.836. The number of carbonyl (C=O) groups is 1. The highest BCUT2D eigenvalue weighted by atomic mass is 79.9. The number of hydrogen-bond donors (Lipinski definition) is 1. The maximum absolute atomic E-state index is 11.2. The molecular formula is C10H10BrNO2. The Morgan fingerprint density at radius 3 is 2.64 bits per heavy atom. The predicted octanol–water partition coefficient (Wildman–Crippen LogP) is 2.35. The van der Waals surface area contributed by atoms with Crippen molar-refractivity contribution >= 4 is 21.9 Å². The fraction of sp³-hybridized carbons (Fsp3) is 0.400. The van der Waals surface area contributed by atoms with Crippen molar-refractivity contribution in [1.29, 1.82) is 0 Å². The van der Waals surface area contributed by atoms with Crippen LogP contribution >= 0.6 is 15.9 Å². The molecular weight excluding hydrogens is 246 g/mol. The molecule has 1 aliphatic rings. The van der Waals surface area contributed by atoms with Crippen LogP contribution in [0.3, 0.4) is 0 Å². The number of pyridine rings is 1. The van der Waals surface area contributed by atoms with Crippen molar-refractivity contribution in [1.82, 2.24) is 4.98 Å². The van der Waals surface area contributed by atoms with Gasteiger partial charge in [-0.1, -0.05) is 6.42 Å². The highest BCUT2D eigenvalue weighted by Gasteiger charge is 2.46. The summed E-state index contributed by atoms with van der Waals surface area (Å²) in [5.74, 6) is -0.733. The Bertz CT molecular complexity index is 374. The zero-order chi connectivity index (χ0) is 10.2. The van der Waals surface area contributed by atoms with Gasteiger partial charge in [0.05, 0.1) is 5.41 Å². The lowest BCUT2D eigenvalue weighted by Gasteiger charge is -2.37. The second-order valence-electron chi connectivity index (χ2n) is 3.63. The van der Waals surface area contributed by atoms with Crippen molar-refractivity contribution in [2.75, 3.05) is 0 Å². The van der Waals surface area contributed by atoms with Gasteiger partial charge in [0, 0.05) is 16.9 Å². The molecule has 0 saturated heterocycles. The van der Waals surface area contributed by atoms with Crippen LogP contribution in [0.5, 0.6) is 0 Å². The molecule has 0 spiro atoms. The number of carboxylic acid groups (broad SMARTS) is 1. The minimum Gasteiger partial charge on any atom is -0.481 e. The highest BCUT2D eigenvalue weighted by molar-refractivity contribution is 9.10. The van der Waals surface area contributed by atoms with Crippen LogP contribution in [0.25, 0.3) is 0 Å². The molecule has 1 aromatic rings. The first-order valence-electron chi connectivity index (χ1n) is 4.49. The predicted molar refractivity (Wildman–Crippen MR) is 55.1 cm³/mol. The molecule has 0 aromatic carbocycles. The normalized spacial score (nSPS) is 18.6. The standard InChI is InChI=1S/C10H10BrNO2/c11-8-4-7(5-12-6-8)10(9(13)14)2-1-3-10/h4-6H,1-3H2,(H,13,14). The van der Waals surface area contributed by atoms with Crippen LogP contribution in [0, 0.1) is 0 Å². The largest absolute Gasteiger partial charge is 0.481 e. The summed E-state index contributed by atoms with van der Waals surface area (Å²) in [6, 6.07) is 1.85. The lowest BCUT2D eigenvalue weighted by atomic mass is 9.65. The molecule has 14 heavy (non-hydrogen) atoms. The molecule has 4 heteroatoms. The first kappa shape index (κ1) is 9.65. The van der Waals surface area contributed by atoms with Gasteiger partial charge in [0.1, 0.15) is 0 Å². The summed E-state index contributed by atoms with van der Waals surface area (Å²) in [7, 11) is 0. The van der Waals surface area contributed by atoms with Gasteiger partial charge in [-0.25, -0.2) is 0 Å². The second-order valence-corrected chi connectivity index (χ2v) is 4.55. The summed E-state index contributed by atoms with van der Waals surface area (Å²) in [5.41, 5.74) is 0.141. The zero-order valence-electron chi connectivity index (χ0n) is 7.53. The van der Waals surface area contributed by atoms with E-state index in [1.807, 2.05) is 6.07 Å². The van der Waals surface area contributed by atoms with Gasteiger partial charge >= 0.3 is 5.97 Å². The molecule has 0 amide bonds. The van der Waals surface area contributed by atoms with E-state index in [1.165, 1.54) is 0 Å². The van der Waals surface area contributed by atoms with Gasteiger partial charge in [-0.3, -0.25) is 9.78 Å². The van der Waals surface area contributed by atoms with Crippen molar-refractivity contribution < 1.29 is 9.90 Å². The van der Waals surface area contributed by atoms with Gasteiger partial charge < -0.3 is 5.11 Å². The molecule has 1 N–H and O–H groups in total. The fourth-order valence-electron chi connectivity index (χ4n) is 1.83. The zero-order valence-corrected chi connectivity index (χ0v) is 9.12. The van der Waals surface area contributed by atoms with Crippen LogP contribution in [0.1, 0.15) is 24.8 Å². The van der Waals surface area contributed by atoms with E-state index in [-0.39, 0.29) is 0 Å². The van der Waals surface area contributed by atoms with Gasteiger partial charge in [-0.15, -0.1) is 0 Å². The molecule has 3 nitrogen and oxygen atoms in total. The van der Waals surface area contributed by atoms with Crippen molar-refractivity contribution in [3.05, 3.63) is 28.5 Å². The van der Waals surface area contributed by atoms with Gasteiger partial charge in [-0.05, 0) is 40.4 Å². The molecule has 74 valence electrons. The SMILES string of the molecule is O=C(O)C1(c2cncc(Br)c2)CCC1. The first-order chi connectivity index (χ1) is 6.65. The molecule has 1 fully saturated rings. The Hall–Kier alpha value is -0.900. The topological polar surface area (TPSA) is 50.2 Å². The van der Waals surface area contributed by atoms with Crippen molar-refractivity contribution in [3.8, 4) is 0 Å². The Balaban J connectivity index is 2.42. The lowest BCUT2D eigenvalue weighted by Crippen LogP contribution is -2.42. The quantitative estimate of drug-likeness (QED) is 0.883. The third kappa shape index (κ3) is 1.34. The van der Waals surface area contributed by atoms with E-state index in [0.717, 1.165) is 29.3 Å². The Kier molecular flexibility index (Phi) is 2.31. The minimum atomic E-state index is -0.733. The van der Waals surface area contributed by atoms with E-state index in [1.54, 1.807) is 12.4 Å². The molecule has 1 aliphatic carbocycles. The highest BCUT2D eigenvalue weighted by Crippen LogP contribution is 2.44. The fourth-order valence-corrected chi connectivity index (χ4v) is 2.19. The number of aromatic nitrogens is 1. The third-order valence-electron chi connectivity index (χ3n) is 2.87. The molecule has 0 bridgehead atoms. The van der Waals surface area contributed by atoms with Gasteiger partial charge in [0.2, 0.25) is 0 Å². The Morgan fingerprint density at radius 2 is 2.21 bits per heavy atom. The van der Waals surface area contributed by atoms with Crippen LogP contribution in [-0.4, -0.2) is 16.1 Å². The molecule has 0 radical (unpaired) electrons. The van der Waals surface area contributed by atoms with E-state index >= 15 is 0 Å². The summed E-state index contributed by atoms with van der Waals surface area (Å²) in [6.07, 6.45) is 5.75. The maximum atomic E-state index is 11.2. The lowest BCUT2D eigenvalue weighted by molar-refractivity contribution is -0.147. The molecule has 2 rings (SSSR count). The second kappa shape index (κ2) is 3.35. The van der Waals surface area contributed by atoms with Crippen LogP contribution in [-0.2, 0) is 10.2 Å². The number of carboxylic acids is 1. The molecule has 0 unspecified atom stereocenters. The van der Waals surface area contributed by atoms with Crippen molar-refractivity contribution in [2.24, 2.45) is 0 Å².